The summed E-state index contributed by atoms with van der Waals surface area (Å²) in [6, 6.07) is 7.38. The van der Waals surface area contributed by atoms with Gasteiger partial charge in [-0.15, -0.1) is 0 Å². The normalized spacial score (nSPS) is 15.2. The van der Waals surface area contributed by atoms with Gasteiger partial charge in [0.05, 0.1) is 12.2 Å². The zero-order chi connectivity index (χ0) is 11.4. The lowest BCUT2D eigenvalue weighted by molar-refractivity contribution is 0.160. The van der Waals surface area contributed by atoms with Crippen LogP contribution in [0.5, 0.6) is 11.5 Å². The van der Waals surface area contributed by atoms with Crippen LogP contribution < -0.4 is 9.47 Å². The molecule has 0 aliphatic carbocycles. The van der Waals surface area contributed by atoms with Gasteiger partial charge in [0.1, 0.15) is 13.2 Å². The van der Waals surface area contributed by atoms with Crippen LogP contribution in [0.3, 0.4) is 0 Å². The van der Waals surface area contributed by atoms with Gasteiger partial charge in [-0.25, -0.2) is 0 Å². The maximum Gasteiger partial charge on any atom is 0.161 e. The maximum atomic E-state index is 9.81. The Morgan fingerprint density at radius 1 is 1.31 bits per heavy atom. The molecule has 0 bridgehead atoms. The van der Waals surface area contributed by atoms with Gasteiger partial charge in [0, 0.05) is 6.42 Å². The molecule has 0 fully saturated rings. The molecule has 0 saturated heterocycles. The summed E-state index contributed by atoms with van der Waals surface area (Å²) >= 11 is 0. The molecule has 1 N–H and O–H groups in total. The number of aliphatic hydroxyl groups excluding tert-OH is 1. The molecule has 1 unspecified atom stereocenters. The number of benzene rings is 1. The van der Waals surface area contributed by atoms with Gasteiger partial charge < -0.3 is 14.6 Å². The van der Waals surface area contributed by atoms with Crippen LogP contribution in [-0.2, 0) is 0 Å². The van der Waals surface area contributed by atoms with Crippen molar-refractivity contribution in [1.82, 2.24) is 0 Å². The summed E-state index contributed by atoms with van der Waals surface area (Å²) in [7, 11) is 0. The third kappa shape index (κ3) is 2.26. The summed E-state index contributed by atoms with van der Waals surface area (Å²) in [5.74, 6) is 1.38. The fourth-order valence-electron chi connectivity index (χ4n) is 1.64. The lowest BCUT2D eigenvalue weighted by Crippen LogP contribution is -2.15. The van der Waals surface area contributed by atoms with E-state index in [-0.39, 0.29) is 0 Å². The Bertz CT molecular complexity index is 411. The van der Waals surface area contributed by atoms with Crippen LogP contribution in [0.15, 0.2) is 18.2 Å². The third-order valence-electron chi connectivity index (χ3n) is 2.48. The zero-order valence-electron chi connectivity index (χ0n) is 8.85. The number of hydrogen-bond donors (Lipinski definition) is 1. The highest BCUT2D eigenvalue weighted by Crippen LogP contribution is 2.33. The van der Waals surface area contributed by atoms with E-state index in [2.05, 4.69) is 0 Å². The second kappa shape index (κ2) is 4.86. The lowest BCUT2D eigenvalue weighted by Gasteiger charge is -2.20. The largest absolute Gasteiger partial charge is 0.486 e. The summed E-state index contributed by atoms with van der Waals surface area (Å²) < 4.78 is 10.8. The quantitative estimate of drug-likeness (QED) is 0.841. The molecular weight excluding hydrogens is 206 g/mol. The average Bonchev–Trinajstić information content (AvgIpc) is 2.35. The molecule has 0 amide bonds. The van der Waals surface area contributed by atoms with E-state index < -0.39 is 6.10 Å². The van der Waals surface area contributed by atoms with Crippen molar-refractivity contribution in [2.24, 2.45) is 0 Å². The van der Waals surface area contributed by atoms with Gasteiger partial charge in [-0.2, -0.15) is 5.26 Å². The van der Waals surface area contributed by atoms with Gasteiger partial charge in [0.25, 0.3) is 0 Å². The molecule has 1 aromatic carbocycles. The molecule has 0 aromatic heterocycles. The Hall–Kier alpha value is -1.73. The molecule has 1 heterocycles. The first-order valence-electron chi connectivity index (χ1n) is 5.26. The minimum atomic E-state index is -0.615. The van der Waals surface area contributed by atoms with Crippen molar-refractivity contribution < 1.29 is 14.6 Å². The van der Waals surface area contributed by atoms with E-state index in [0.29, 0.717) is 37.6 Å². The highest BCUT2D eigenvalue weighted by atomic mass is 16.6. The van der Waals surface area contributed by atoms with E-state index in [9.17, 15) is 5.11 Å². The highest BCUT2D eigenvalue weighted by Gasteiger charge is 2.14. The number of fused-ring (bicyclic) bond motifs is 1. The molecule has 4 heteroatoms. The Balaban J connectivity index is 2.13. The van der Waals surface area contributed by atoms with Crippen LogP contribution in [0.1, 0.15) is 24.5 Å². The smallest absolute Gasteiger partial charge is 0.161 e. The van der Waals surface area contributed by atoms with Crippen molar-refractivity contribution in [3.8, 4) is 17.6 Å². The lowest BCUT2D eigenvalue weighted by atomic mass is 10.0. The zero-order valence-corrected chi connectivity index (χ0v) is 8.85. The van der Waals surface area contributed by atoms with E-state index in [4.69, 9.17) is 14.7 Å². The Kier molecular flexibility index (Phi) is 3.28. The predicted octanol–water partition coefficient (Wildman–Crippen LogP) is 1.79. The first-order valence-corrected chi connectivity index (χ1v) is 5.26. The Morgan fingerprint density at radius 2 is 2.06 bits per heavy atom. The average molecular weight is 219 g/mol. The molecule has 0 radical (unpaired) electrons. The minimum Gasteiger partial charge on any atom is -0.486 e. The SMILES string of the molecule is N#CCCC(O)c1ccc2c(c1)OCCO2. The standard InChI is InChI=1S/C12H13NO3/c13-5-1-2-10(14)9-3-4-11-12(8-9)16-7-6-15-11/h3-4,8,10,14H,1-2,6-7H2. The molecule has 1 atom stereocenters. The molecule has 0 spiro atoms. The number of aliphatic hydroxyl groups is 1. The van der Waals surface area contributed by atoms with E-state index in [1.807, 2.05) is 6.07 Å². The summed E-state index contributed by atoms with van der Waals surface area (Å²) in [4.78, 5) is 0. The summed E-state index contributed by atoms with van der Waals surface area (Å²) in [6.07, 6.45) is 0.168. The van der Waals surface area contributed by atoms with Crippen molar-refractivity contribution >= 4 is 0 Å². The second-order valence-corrected chi connectivity index (χ2v) is 3.62. The molecule has 2 rings (SSSR count). The number of ether oxygens (including phenoxy) is 2. The Labute approximate surface area is 94.0 Å². The first-order chi connectivity index (χ1) is 7.81. The van der Waals surface area contributed by atoms with Crippen LogP contribution in [-0.4, -0.2) is 18.3 Å². The van der Waals surface area contributed by atoms with Crippen molar-refractivity contribution in [2.75, 3.05) is 13.2 Å². The van der Waals surface area contributed by atoms with Crippen LogP contribution >= 0.6 is 0 Å². The monoisotopic (exact) mass is 219 g/mol. The number of hydrogen-bond acceptors (Lipinski definition) is 4. The van der Waals surface area contributed by atoms with Crippen LogP contribution in [0.2, 0.25) is 0 Å². The van der Waals surface area contributed by atoms with E-state index in [1.54, 1.807) is 18.2 Å². The summed E-state index contributed by atoms with van der Waals surface area (Å²) in [6.45, 7) is 1.09. The number of nitriles is 1. The fraction of sp³-hybridized carbons (Fsp3) is 0.417. The van der Waals surface area contributed by atoms with Gasteiger partial charge in [0.15, 0.2) is 11.5 Å². The topological polar surface area (TPSA) is 62.5 Å². The summed E-state index contributed by atoms with van der Waals surface area (Å²) in [5.41, 5.74) is 0.763. The maximum absolute atomic E-state index is 9.81. The Morgan fingerprint density at radius 3 is 2.81 bits per heavy atom. The van der Waals surface area contributed by atoms with E-state index in [0.717, 1.165) is 5.56 Å². The van der Waals surface area contributed by atoms with Crippen molar-refractivity contribution in [2.45, 2.75) is 18.9 Å². The third-order valence-corrected chi connectivity index (χ3v) is 2.48. The van der Waals surface area contributed by atoms with Crippen molar-refractivity contribution in [1.29, 1.82) is 5.26 Å². The molecule has 1 aromatic rings. The molecule has 84 valence electrons. The van der Waals surface area contributed by atoms with Gasteiger partial charge in [-0.05, 0) is 24.1 Å². The van der Waals surface area contributed by atoms with Crippen molar-refractivity contribution in [3.63, 3.8) is 0 Å². The van der Waals surface area contributed by atoms with Gasteiger partial charge in [0.2, 0.25) is 0 Å². The highest BCUT2D eigenvalue weighted by molar-refractivity contribution is 5.44. The molecule has 16 heavy (non-hydrogen) atoms. The van der Waals surface area contributed by atoms with Gasteiger partial charge in [-0.3, -0.25) is 0 Å². The van der Waals surface area contributed by atoms with Gasteiger partial charge in [-0.1, -0.05) is 6.07 Å². The first kappa shape index (κ1) is 10.8. The van der Waals surface area contributed by atoms with Crippen LogP contribution in [0.4, 0.5) is 0 Å². The van der Waals surface area contributed by atoms with Gasteiger partial charge >= 0.3 is 0 Å². The minimum absolute atomic E-state index is 0.343. The predicted molar refractivity (Wildman–Crippen MR) is 57.2 cm³/mol. The van der Waals surface area contributed by atoms with Crippen molar-refractivity contribution in [3.05, 3.63) is 23.8 Å². The summed E-state index contributed by atoms with van der Waals surface area (Å²) in [5, 5.41) is 18.3. The second-order valence-electron chi connectivity index (χ2n) is 3.62. The number of rotatable bonds is 3. The molecule has 4 nitrogen and oxygen atoms in total. The van der Waals surface area contributed by atoms with Crippen LogP contribution in [0, 0.1) is 11.3 Å². The van der Waals surface area contributed by atoms with Crippen LogP contribution in [0.25, 0.3) is 0 Å². The van der Waals surface area contributed by atoms with E-state index in [1.165, 1.54) is 0 Å². The van der Waals surface area contributed by atoms with E-state index >= 15 is 0 Å². The molecule has 1 aliphatic heterocycles. The fourth-order valence-corrected chi connectivity index (χ4v) is 1.64. The molecular formula is C12H13NO3. The molecule has 1 aliphatic rings. The number of nitrogens with zero attached hydrogens (tertiary/aromatic N) is 1. The molecule has 0 saturated carbocycles.